The van der Waals surface area contributed by atoms with Crippen molar-refractivity contribution in [2.45, 2.75) is 58.2 Å². The Kier molecular flexibility index (Phi) is 9.40. The van der Waals surface area contributed by atoms with Crippen molar-refractivity contribution >= 4 is 35.8 Å². The largest absolute Gasteiger partial charge is 0.507 e. The van der Waals surface area contributed by atoms with E-state index in [0.29, 0.717) is 42.7 Å². The number of phenolic OH excluding ortho intramolecular Hbond substituents is 1. The number of cyclic esters (lactones) is 1. The number of rotatable bonds is 8. The number of aliphatic imine (C=N–C) groups is 2. The number of hydrogen-bond donors (Lipinski definition) is 5. The zero-order valence-electron chi connectivity index (χ0n) is 27.2. The Morgan fingerprint density at radius 3 is 2.72 bits per heavy atom. The van der Waals surface area contributed by atoms with Crippen LogP contribution in [0, 0.1) is 22.7 Å². The molecule has 5 rings (SSSR count). The standard InChI is InChI=1S/C35H45N5O6/c1-20-26(10-8-23-16-25(46-32(23)45)15-22-7-9-24(40(5)6)17-28(22)42)34(3)12-11-30(43)35(4,19-41)29(34)18-27(20)38-21(2)31(44)39-33-36-13-14-37-33/h7-10,13,15-17,21,26-27,29-30,38,41-43H,1,11-12,14,18-19H2,2-6H3,(H,37,39,44)/b10-8+,25-15+/t21?,26?,27?,29?,30-,34-,35+/m1/s1. The molecule has 2 aliphatic carbocycles. The van der Waals surface area contributed by atoms with E-state index in [-0.39, 0.29) is 47.5 Å². The Hall–Kier alpha value is -4.06. The minimum Gasteiger partial charge on any atom is -0.507 e. The summed E-state index contributed by atoms with van der Waals surface area (Å²) >= 11 is 0. The third kappa shape index (κ3) is 6.31. The van der Waals surface area contributed by atoms with Crippen molar-refractivity contribution in [3.8, 4) is 5.75 Å². The van der Waals surface area contributed by atoms with Gasteiger partial charge >= 0.3 is 5.97 Å². The van der Waals surface area contributed by atoms with Crippen molar-refractivity contribution in [2.24, 2.45) is 32.7 Å². The van der Waals surface area contributed by atoms with Gasteiger partial charge in [-0.25, -0.2) is 14.8 Å². The number of hydrogen-bond acceptors (Lipinski definition) is 10. The zero-order valence-corrected chi connectivity index (χ0v) is 27.2. The third-order valence-corrected chi connectivity index (χ3v) is 10.3. The molecule has 4 aliphatic rings. The van der Waals surface area contributed by atoms with Gasteiger partial charge in [0.05, 0.1) is 30.9 Å². The molecule has 5 N–H and O–H groups in total. The first-order valence-corrected chi connectivity index (χ1v) is 15.7. The van der Waals surface area contributed by atoms with Crippen molar-refractivity contribution in [3.63, 3.8) is 0 Å². The van der Waals surface area contributed by atoms with Crippen molar-refractivity contribution in [1.29, 1.82) is 0 Å². The molecule has 246 valence electrons. The number of guanidine groups is 1. The first-order chi connectivity index (χ1) is 21.8. The summed E-state index contributed by atoms with van der Waals surface area (Å²) in [6.45, 7) is 10.6. The van der Waals surface area contributed by atoms with E-state index in [1.54, 1.807) is 43.5 Å². The van der Waals surface area contributed by atoms with Crippen LogP contribution in [0.1, 0.15) is 45.6 Å². The summed E-state index contributed by atoms with van der Waals surface area (Å²) in [5.41, 5.74) is 1.41. The fourth-order valence-electron chi connectivity index (χ4n) is 7.45. The number of nitrogens with zero attached hydrogens (tertiary/aromatic N) is 3. The van der Waals surface area contributed by atoms with E-state index in [9.17, 15) is 24.9 Å². The molecule has 2 aliphatic heterocycles. The number of phenols is 1. The number of carbonyl (C=O) groups is 2. The highest BCUT2D eigenvalue weighted by Gasteiger charge is 2.59. The van der Waals surface area contributed by atoms with E-state index in [4.69, 9.17) is 4.74 Å². The van der Waals surface area contributed by atoms with Crippen LogP contribution in [-0.2, 0) is 14.3 Å². The number of benzene rings is 1. The molecule has 0 saturated heterocycles. The molecule has 0 aromatic heterocycles. The molecule has 7 atom stereocenters. The lowest BCUT2D eigenvalue weighted by molar-refractivity contribution is -0.149. The summed E-state index contributed by atoms with van der Waals surface area (Å²) < 4.78 is 5.52. The molecule has 2 fully saturated rings. The molecule has 2 heterocycles. The first-order valence-electron chi connectivity index (χ1n) is 15.7. The van der Waals surface area contributed by atoms with Gasteiger partial charge in [0, 0.05) is 55.0 Å². The smallest absolute Gasteiger partial charge is 0.343 e. The van der Waals surface area contributed by atoms with Crippen LogP contribution < -0.4 is 15.5 Å². The number of allylic oxidation sites excluding steroid dienone is 2. The third-order valence-electron chi connectivity index (χ3n) is 10.3. The average Bonchev–Trinajstić information content (AvgIpc) is 3.66. The van der Waals surface area contributed by atoms with E-state index in [1.165, 1.54) is 0 Å². The Balaban J connectivity index is 1.42. The van der Waals surface area contributed by atoms with Crippen LogP contribution in [0.4, 0.5) is 5.69 Å². The van der Waals surface area contributed by atoms with Gasteiger partial charge in [-0.3, -0.25) is 15.4 Å². The minimum atomic E-state index is -0.774. The average molecular weight is 632 g/mol. The Labute approximate surface area is 270 Å². The molecule has 0 radical (unpaired) electrons. The van der Waals surface area contributed by atoms with E-state index in [1.807, 2.05) is 38.1 Å². The number of esters is 1. The zero-order chi connectivity index (χ0) is 33.4. The molecule has 11 nitrogen and oxygen atoms in total. The van der Waals surface area contributed by atoms with Crippen molar-refractivity contribution < 1.29 is 29.6 Å². The lowest BCUT2D eigenvalue weighted by Gasteiger charge is -2.61. The van der Waals surface area contributed by atoms with E-state index in [2.05, 4.69) is 34.1 Å². The van der Waals surface area contributed by atoms with Gasteiger partial charge in [0.15, 0.2) is 0 Å². The summed E-state index contributed by atoms with van der Waals surface area (Å²) in [6, 6.07) is 4.36. The maximum absolute atomic E-state index is 13.0. The SMILES string of the molecule is C=C1C(NC(C)C(=O)NC2=NCC=N2)CC2[C@](C)(CC[C@@H](O)[C@@]2(C)CO)C1/C=C/C1=CC(=C\c2ccc(N(C)C)cc2O)/OC1=O. The number of carbonyl (C=O) groups excluding carboxylic acids is 2. The van der Waals surface area contributed by atoms with Gasteiger partial charge < -0.3 is 25.0 Å². The van der Waals surface area contributed by atoms with Gasteiger partial charge in [-0.05, 0) is 61.8 Å². The number of aliphatic hydroxyl groups is 2. The fourth-order valence-corrected chi connectivity index (χ4v) is 7.45. The Morgan fingerprint density at radius 2 is 2.07 bits per heavy atom. The predicted octanol–water partition coefficient (Wildman–Crippen LogP) is 3.09. The van der Waals surface area contributed by atoms with E-state index < -0.39 is 23.5 Å². The molecule has 4 unspecified atom stereocenters. The van der Waals surface area contributed by atoms with Gasteiger partial charge in [0.2, 0.25) is 11.9 Å². The monoisotopic (exact) mass is 631 g/mol. The molecule has 1 aromatic rings. The van der Waals surface area contributed by atoms with E-state index in [0.717, 1.165) is 11.3 Å². The van der Waals surface area contributed by atoms with Crippen LogP contribution in [0.25, 0.3) is 6.08 Å². The normalized spacial score (nSPS) is 32.3. The van der Waals surface area contributed by atoms with E-state index >= 15 is 0 Å². The first kappa shape index (κ1) is 33.3. The number of fused-ring (bicyclic) bond motifs is 1. The Bertz CT molecular complexity index is 1560. The molecule has 11 heteroatoms. The van der Waals surface area contributed by atoms with Crippen molar-refractivity contribution in [1.82, 2.24) is 10.6 Å². The highest BCUT2D eigenvalue weighted by atomic mass is 16.5. The fraction of sp³-hybridized carbons (Fsp3) is 0.486. The predicted molar refractivity (Wildman–Crippen MR) is 178 cm³/mol. The van der Waals surface area contributed by atoms with Crippen molar-refractivity contribution in [2.75, 3.05) is 32.1 Å². The molecule has 46 heavy (non-hydrogen) atoms. The van der Waals surface area contributed by atoms with Gasteiger partial charge in [-0.15, -0.1) is 0 Å². The number of amides is 1. The lowest BCUT2D eigenvalue weighted by Crippen LogP contribution is -2.62. The number of ether oxygens (including phenoxy) is 1. The second kappa shape index (κ2) is 13.0. The van der Waals surface area contributed by atoms with Crippen LogP contribution >= 0.6 is 0 Å². The summed E-state index contributed by atoms with van der Waals surface area (Å²) in [6.07, 6.45) is 9.69. The maximum Gasteiger partial charge on any atom is 0.343 e. The van der Waals surface area contributed by atoms with Gasteiger partial charge in [0.25, 0.3) is 0 Å². The summed E-state index contributed by atoms with van der Waals surface area (Å²) in [5, 5.41) is 38.4. The summed E-state index contributed by atoms with van der Waals surface area (Å²) in [7, 11) is 3.77. The van der Waals surface area contributed by atoms with Gasteiger partial charge in [0.1, 0.15) is 11.5 Å². The molecule has 0 bridgehead atoms. The summed E-state index contributed by atoms with van der Waals surface area (Å²) in [5.74, 6) is -0.491. The topological polar surface area (TPSA) is 156 Å². The van der Waals surface area contributed by atoms with Gasteiger partial charge in [-0.1, -0.05) is 38.2 Å². The van der Waals surface area contributed by atoms with Gasteiger partial charge in [-0.2, -0.15) is 0 Å². The number of anilines is 1. The van der Waals surface area contributed by atoms with Crippen LogP contribution in [0.2, 0.25) is 0 Å². The molecular formula is C35H45N5O6. The number of aromatic hydroxyl groups is 1. The van der Waals surface area contributed by atoms with Crippen LogP contribution in [0.15, 0.2) is 69.9 Å². The minimum absolute atomic E-state index is 0.0708. The number of nitrogens with one attached hydrogen (secondary N) is 2. The highest BCUT2D eigenvalue weighted by Crippen LogP contribution is 2.61. The van der Waals surface area contributed by atoms with Crippen molar-refractivity contribution in [3.05, 3.63) is 65.5 Å². The maximum atomic E-state index is 13.0. The molecule has 1 amide bonds. The van der Waals surface area contributed by atoms with Crippen LogP contribution in [0.3, 0.4) is 0 Å². The molecule has 1 aromatic carbocycles. The number of aliphatic hydroxyl groups excluding tert-OH is 2. The molecule has 0 spiro atoms. The lowest BCUT2D eigenvalue weighted by atomic mass is 9.45. The molecule has 2 saturated carbocycles. The van der Waals surface area contributed by atoms with Crippen LogP contribution in [0.5, 0.6) is 5.75 Å². The van der Waals surface area contributed by atoms with Crippen LogP contribution in [-0.4, -0.2) is 84.8 Å². The second-order valence-corrected chi connectivity index (χ2v) is 13.5. The molecular weight excluding hydrogens is 586 g/mol. The second-order valence-electron chi connectivity index (χ2n) is 13.5. The Morgan fingerprint density at radius 1 is 1.30 bits per heavy atom. The summed E-state index contributed by atoms with van der Waals surface area (Å²) in [4.78, 5) is 36.0. The highest BCUT2D eigenvalue weighted by molar-refractivity contribution is 6.04. The quantitative estimate of drug-likeness (QED) is 0.217.